The quantitative estimate of drug-likeness (QED) is 0.541. The molecule has 0 N–H and O–H groups in total. The van der Waals surface area contributed by atoms with Crippen LogP contribution in [0, 0.1) is 0 Å². The van der Waals surface area contributed by atoms with Gasteiger partial charge in [0.25, 0.3) is 0 Å². The molecular formula is C14H30O3. The van der Waals surface area contributed by atoms with Gasteiger partial charge in [-0.2, -0.15) is 0 Å². The molecule has 0 aromatic rings. The van der Waals surface area contributed by atoms with Crippen LogP contribution in [0.1, 0.15) is 73.6 Å². The highest BCUT2D eigenvalue weighted by atomic mass is 16.5. The van der Waals surface area contributed by atoms with E-state index in [0.717, 1.165) is 0 Å². The van der Waals surface area contributed by atoms with Crippen LogP contribution < -0.4 is 0 Å². The van der Waals surface area contributed by atoms with Crippen LogP contribution in [0.4, 0.5) is 0 Å². The van der Waals surface area contributed by atoms with Crippen molar-refractivity contribution in [1.82, 2.24) is 0 Å². The summed E-state index contributed by atoms with van der Waals surface area (Å²) in [5, 5.41) is 0. The molecule has 0 aliphatic rings. The van der Waals surface area contributed by atoms with Crippen molar-refractivity contribution in [2.24, 2.45) is 0 Å². The van der Waals surface area contributed by atoms with Gasteiger partial charge < -0.3 is 9.53 Å². The first kappa shape index (κ1) is 21.4. The minimum atomic E-state index is -0.211. The SMILES string of the molecule is CC(C)=O.CCCCCCC.CCOC(C)=O. The summed E-state index contributed by atoms with van der Waals surface area (Å²) in [5.41, 5.74) is 0. The molecule has 0 unspecified atom stereocenters. The Morgan fingerprint density at radius 2 is 1.18 bits per heavy atom. The lowest BCUT2D eigenvalue weighted by Gasteiger charge is -1.90. The largest absolute Gasteiger partial charge is 0.466 e. The average Bonchev–Trinajstić information content (AvgIpc) is 2.18. The Balaban J connectivity index is -0.000000180. The number of hydrogen-bond acceptors (Lipinski definition) is 3. The maximum Gasteiger partial charge on any atom is 0.302 e. The van der Waals surface area contributed by atoms with Gasteiger partial charge in [-0.15, -0.1) is 0 Å². The molecule has 3 heteroatoms. The summed E-state index contributed by atoms with van der Waals surface area (Å²) in [6, 6.07) is 0. The van der Waals surface area contributed by atoms with Crippen molar-refractivity contribution in [3.8, 4) is 0 Å². The Labute approximate surface area is 107 Å². The van der Waals surface area contributed by atoms with Gasteiger partial charge in [-0.05, 0) is 20.8 Å². The van der Waals surface area contributed by atoms with Crippen LogP contribution in [0.15, 0.2) is 0 Å². The zero-order valence-corrected chi connectivity index (χ0v) is 12.5. The molecule has 0 aliphatic heterocycles. The van der Waals surface area contributed by atoms with Crippen molar-refractivity contribution in [1.29, 1.82) is 0 Å². The van der Waals surface area contributed by atoms with E-state index in [4.69, 9.17) is 0 Å². The number of Topliss-reactive ketones (excluding diaryl/α,β-unsaturated/α-hetero) is 1. The summed E-state index contributed by atoms with van der Waals surface area (Å²) in [5.74, 6) is -0.0440. The van der Waals surface area contributed by atoms with Gasteiger partial charge in [-0.3, -0.25) is 4.79 Å². The molecule has 17 heavy (non-hydrogen) atoms. The lowest BCUT2D eigenvalue weighted by atomic mass is 10.2. The summed E-state index contributed by atoms with van der Waals surface area (Å²) < 4.78 is 4.40. The molecule has 3 nitrogen and oxygen atoms in total. The van der Waals surface area contributed by atoms with Crippen molar-refractivity contribution < 1.29 is 14.3 Å². The zero-order valence-electron chi connectivity index (χ0n) is 12.5. The van der Waals surface area contributed by atoms with Gasteiger partial charge in [0.1, 0.15) is 5.78 Å². The standard InChI is InChI=1S/C7H16.C4H8O2.C3H6O/c1-3-5-7-6-4-2;1-3-6-4(2)5;1-3(2)4/h3-7H2,1-2H3;3H2,1-2H3;1-2H3. The fourth-order valence-electron chi connectivity index (χ4n) is 0.880. The third-order valence-electron chi connectivity index (χ3n) is 1.55. The molecule has 0 fully saturated rings. The maximum absolute atomic E-state index is 9.82. The van der Waals surface area contributed by atoms with E-state index in [1.54, 1.807) is 6.92 Å². The summed E-state index contributed by atoms with van der Waals surface area (Å²) in [6.45, 7) is 11.2. The molecule has 104 valence electrons. The summed E-state index contributed by atoms with van der Waals surface area (Å²) >= 11 is 0. The smallest absolute Gasteiger partial charge is 0.302 e. The second-order valence-corrected chi connectivity index (χ2v) is 3.89. The average molecular weight is 246 g/mol. The molecule has 0 aromatic carbocycles. The van der Waals surface area contributed by atoms with Gasteiger partial charge in [0.05, 0.1) is 6.61 Å². The van der Waals surface area contributed by atoms with E-state index in [2.05, 4.69) is 18.6 Å². The van der Waals surface area contributed by atoms with Crippen LogP contribution in [-0.2, 0) is 14.3 Å². The first-order valence-electron chi connectivity index (χ1n) is 6.52. The fourth-order valence-corrected chi connectivity index (χ4v) is 0.880. The number of ether oxygens (including phenoxy) is 1. The van der Waals surface area contributed by atoms with Crippen LogP contribution in [-0.4, -0.2) is 18.4 Å². The van der Waals surface area contributed by atoms with Crippen molar-refractivity contribution in [3.63, 3.8) is 0 Å². The highest BCUT2D eigenvalue weighted by Crippen LogP contribution is 2.00. The van der Waals surface area contributed by atoms with Gasteiger partial charge >= 0.3 is 5.97 Å². The summed E-state index contributed by atoms with van der Waals surface area (Å²) in [7, 11) is 0. The van der Waals surface area contributed by atoms with Crippen LogP contribution >= 0.6 is 0 Å². The first-order chi connectivity index (χ1) is 7.92. The Morgan fingerprint density at radius 3 is 1.29 bits per heavy atom. The van der Waals surface area contributed by atoms with Gasteiger partial charge in [0.15, 0.2) is 0 Å². The number of esters is 1. The molecule has 0 saturated carbocycles. The number of rotatable bonds is 5. The van der Waals surface area contributed by atoms with Crippen LogP contribution in [0.5, 0.6) is 0 Å². The Hall–Kier alpha value is -0.860. The molecular weight excluding hydrogens is 216 g/mol. The Kier molecular flexibility index (Phi) is 25.9. The Morgan fingerprint density at radius 1 is 0.824 bits per heavy atom. The van der Waals surface area contributed by atoms with Crippen molar-refractivity contribution in [2.75, 3.05) is 6.61 Å². The highest BCUT2D eigenvalue weighted by Gasteiger charge is 1.81. The topological polar surface area (TPSA) is 43.4 Å². The molecule has 0 rings (SSSR count). The van der Waals surface area contributed by atoms with Crippen LogP contribution in [0.3, 0.4) is 0 Å². The van der Waals surface area contributed by atoms with E-state index in [-0.39, 0.29) is 11.8 Å². The number of carbonyl (C=O) groups is 2. The summed E-state index contributed by atoms with van der Waals surface area (Å²) in [6.07, 6.45) is 7.01. The van der Waals surface area contributed by atoms with Gasteiger partial charge in [0.2, 0.25) is 0 Å². The predicted octanol–water partition coefficient (Wildman–Crippen LogP) is 4.14. The van der Waals surface area contributed by atoms with E-state index in [1.165, 1.54) is 52.9 Å². The number of carbonyl (C=O) groups excluding carboxylic acids is 2. The van der Waals surface area contributed by atoms with Crippen LogP contribution in [0.2, 0.25) is 0 Å². The van der Waals surface area contributed by atoms with Gasteiger partial charge in [0, 0.05) is 6.92 Å². The second kappa shape index (κ2) is 20.5. The van der Waals surface area contributed by atoms with Gasteiger partial charge in [-0.1, -0.05) is 46.0 Å². The maximum atomic E-state index is 9.82. The Bertz CT molecular complexity index is 157. The molecule has 0 atom stereocenters. The fraction of sp³-hybridized carbons (Fsp3) is 0.857. The van der Waals surface area contributed by atoms with E-state index < -0.39 is 0 Å². The normalized spacial score (nSPS) is 8.12. The molecule has 0 radical (unpaired) electrons. The molecule has 0 aromatic heterocycles. The lowest BCUT2D eigenvalue weighted by Crippen LogP contribution is -1.95. The monoisotopic (exact) mass is 246 g/mol. The molecule has 0 spiro atoms. The highest BCUT2D eigenvalue weighted by molar-refractivity contribution is 5.72. The number of hydrogen-bond donors (Lipinski definition) is 0. The lowest BCUT2D eigenvalue weighted by molar-refractivity contribution is -0.140. The van der Waals surface area contributed by atoms with E-state index in [0.29, 0.717) is 6.61 Å². The number of ketones is 1. The second-order valence-electron chi connectivity index (χ2n) is 3.89. The van der Waals surface area contributed by atoms with E-state index >= 15 is 0 Å². The van der Waals surface area contributed by atoms with Crippen molar-refractivity contribution >= 4 is 11.8 Å². The van der Waals surface area contributed by atoms with E-state index in [1.807, 2.05) is 0 Å². The number of unbranched alkanes of at least 4 members (excludes halogenated alkanes) is 4. The first-order valence-corrected chi connectivity index (χ1v) is 6.52. The summed E-state index contributed by atoms with van der Waals surface area (Å²) in [4.78, 5) is 19.3. The van der Waals surface area contributed by atoms with Gasteiger partial charge in [-0.25, -0.2) is 0 Å². The van der Waals surface area contributed by atoms with Crippen LogP contribution in [0.25, 0.3) is 0 Å². The van der Waals surface area contributed by atoms with E-state index in [9.17, 15) is 9.59 Å². The molecule has 0 heterocycles. The third kappa shape index (κ3) is 69.3. The molecule has 0 aliphatic carbocycles. The van der Waals surface area contributed by atoms with Crippen molar-refractivity contribution in [2.45, 2.75) is 73.6 Å². The minimum absolute atomic E-state index is 0.167. The predicted molar refractivity (Wildman–Crippen MR) is 73.1 cm³/mol. The molecule has 0 amide bonds. The zero-order chi connectivity index (χ0) is 14.1. The van der Waals surface area contributed by atoms with Crippen molar-refractivity contribution in [3.05, 3.63) is 0 Å². The molecule has 0 saturated heterocycles. The minimum Gasteiger partial charge on any atom is -0.466 e. The third-order valence-corrected chi connectivity index (χ3v) is 1.55. The molecule has 0 bridgehead atoms.